The highest BCUT2D eigenvalue weighted by Crippen LogP contribution is 2.43. The van der Waals surface area contributed by atoms with Crippen LogP contribution in [0.5, 0.6) is 0 Å². The van der Waals surface area contributed by atoms with E-state index in [9.17, 15) is 0 Å². The lowest BCUT2D eigenvalue weighted by molar-refractivity contribution is 0.805. The van der Waals surface area contributed by atoms with Gasteiger partial charge in [-0.3, -0.25) is 4.99 Å². The Labute approximate surface area is 276 Å². The van der Waals surface area contributed by atoms with Crippen molar-refractivity contribution in [3.8, 4) is 0 Å². The summed E-state index contributed by atoms with van der Waals surface area (Å²) in [6.07, 6.45) is 9.55. The second kappa shape index (κ2) is 10.7. The number of nitrogens with zero attached hydrogens (tertiary/aromatic N) is 3. The first-order valence-electron chi connectivity index (χ1n) is 16.6. The molecule has 1 atom stereocenters. The smallest absolute Gasteiger partial charge is 0.0800 e. The molecule has 10 rings (SSSR count). The molecular formula is C45H29N3. The maximum absolute atomic E-state index is 5.56. The zero-order chi connectivity index (χ0) is 31.6. The SMILES string of the molecule is C1=CCC(N=c2c3ccccc3c3c4c(=Nc5ccccc5)c5ccccc5c4c4c(=Nc5ccccc5)c5ccccc5c4c23)C=C1. The summed E-state index contributed by atoms with van der Waals surface area (Å²) in [6, 6.07) is 47.1. The molecule has 224 valence electrons. The Hall–Kier alpha value is -6.19. The summed E-state index contributed by atoms with van der Waals surface area (Å²) in [5.74, 6) is 0. The molecule has 3 heteroatoms. The van der Waals surface area contributed by atoms with E-state index in [4.69, 9.17) is 15.0 Å². The molecule has 0 heterocycles. The lowest BCUT2D eigenvalue weighted by Gasteiger charge is -2.07. The maximum Gasteiger partial charge on any atom is 0.0800 e. The van der Waals surface area contributed by atoms with Crippen LogP contribution in [0.15, 0.2) is 173 Å². The van der Waals surface area contributed by atoms with Crippen LogP contribution in [0.3, 0.4) is 0 Å². The number of benzene rings is 6. The van der Waals surface area contributed by atoms with Crippen molar-refractivity contribution < 1.29 is 0 Å². The fourth-order valence-electron chi connectivity index (χ4n) is 7.85. The molecule has 0 spiro atoms. The van der Waals surface area contributed by atoms with Crippen molar-refractivity contribution in [2.45, 2.75) is 12.5 Å². The average Bonchev–Trinajstić information content (AvgIpc) is 3.76. The number of para-hydroxylation sites is 2. The molecule has 3 nitrogen and oxygen atoms in total. The number of allylic oxidation sites excluding steroid dienone is 2. The van der Waals surface area contributed by atoms with Crippen LogP contribution in [0, 0.1) is 0 Å². The highest BCUT2D eigenvalue weighted by Gasteiger charge is 2.25. The molecule has 0 saturated carbocycles. The lowest BCUT2D eigenvalue weighted by Crippen LogP contribution is -2.10. The number of fused-ring (bicyclic) bond motifs is 12. The van der Waals surface area contributed by atoms with Crippen LogP contribution < -0.4 is 16.1 Å². The third-order valence-corrected chi connectivity index (χ3v) is 9.81. The highest BCUT2D eigenvalue weighted by molar-refractivity contribution is 6.42. The van der Waals surface area contributed by atoms with E-state index >= 15 is 0 Å². The average molecular weight is 612 g/mol. The minimum Gasteiger partial charge on any atom is -0.276 e. The molecule has 0 amide bonds. The Morgan fingerprint density at radius 1 is 0.375 bits per heavy atom. The molecule has 1 aliphatic carbocycles. The van der Waals surface area contributed by atoms with E-state index in [2.05, 4.69) is 146 Å². The second-order valence-corrected chi connectivity index (χ2v) is 12.6. The molecule has 0 aromatic heterocycles. The van der Waals surface area contributed by atoms with Gasteiger partial charge < -0.3 is 0 Å². The van der Waals surface area contributed by atoms with Crippen LogP contribution in [0.25, 0.3) is 64.6 Å². The van der Waals surface area contributed by atoms with Crippen LogP contribution in [0.4, 0.5) is 11.4 Å². The van der Waals surface area contributed by atoms with Crippen LogP contribution >= 0.6 is 0 Å². The fourth-order valence-corrected chi connectivity index (χ4v) is 7.85. The highest BCUT2D eigenvalue weighted by atomic mass is 14.8. The van der Waals surface area contributed by atoms with E-state index in [0.717, 1.165) is 44.6 Å². The zero-order valence-corrected chi connectivity index (χ0v) is 26.1. The third kappa shape index (κ3) is 3.98. The Bertz CT molecular complexity index is 2880. The van der Waals surface area contributed by atoms with E-state index in [-0.39, 0.29) is 6.04 Å². The molecule has 0 fully saturated rings. The van der Waals surface area contributed by atoms with Crippen LogP contribution in [0.2, 0.25) is 0 Å². The second-order valence-electron chi connectivity index (χ2n) is 12.6. The molecule has 0 bridgehead atoms. The molecule has 0 N–H and O–H groups in total. The zero-order valence-electron chi connectivity index (χ0n) is 26.1. The first-order chi connectivity index (χ1) is 23.8. The van der Waals surface area contributed by atoms with Gasteiger partial charge in [0.25, 0.3) is 0 Å². The largest absolute Gasteiger partial charge is 0.276 e. The lowest BCUT2D eigenvalue weighted by atomic mass is 9.99. The van der Waals surface area contributed by atoms with E-state index in [1.807, 2.05) is 12.1 Å². The predicted molar refractivity (Wildman–Crippen MR) is 201 cm³/mol. The Morgan fingerprint density at radius 2 is 0.771 bits per heavy atom. The van der Waals surface area contributed by atoms with E-state index in [0.29, 0.717) is 0 Å². The van der Waals surface area contributed by atoms with Gasteiger partial charge in [-0.15, -0.1) is 0 Å². The Kier molecular flexibility index (Phi) is 6.00. The Morgan fingerprint density at radius 3 is 1.21 bits per heavy atom. The van der Waals surface area contributed by atoms with Gasteiger partial charge in [0.1, 0.15) is 0 Å². The van der Waals surface area contributed by atoms with Crippen molar-refractivity contribution >= 4 is 76.0 Å². The molecular weight excluding hydrogens is 583 g/mol. The molecule has 9 aromatic rings. The summed E-state index contributed by atoms with van der Waals surface area (Å²) in [5, 5.41) is 17.3. The molecule has 0 saturated heterocycles. The number of rotatable bonds is 3. The molecule has 48 heavy (non-hydrogen) atoms. The van der Waals surface area contributed by atoms with Crippen LogP contribution in [0.1, 0.15) is 6.42 Å². The van der Waals surface area contributed by atoms with Crippen molar-refractivity contribution in [1.82, 2.24) is 0 Å². The van der Waals surface area contributed by atoms with Gasteiger partial charge in [-0.25, -0.2) is 9.98 Å². The molecule has 1 aliphatic rings. The quantitative estimate of drug-likeness (QED) is 0.191. The van der Waals surface area contributed by atoms with Crippen molar-refractivity contribution in [3.05, 3.63) is 174 Å². The summed E-state index contributed by atoms with van der Waals surface area (Å²) in [6.45, 7) is 0. The fraction of sp³-hybridized carbons (Fsp3) is 0.0444. The number of hydrogen-bond donors (Lipinski definition) is 0. The van der Waals surface area contributed by atoms with Crippen molar-refractivity contribution in [1.29, 1.82) is 0 Å². The molecule has 0 radical (unpaired) electrons. The van der Waals surface area contributed by atoms with Crippen molar-refractivity contribution in [2.75, 3.05) is 0 Å². The van der Waals surface area contributed by atoms with Crippen LogP contribution in [-0.2, 0) is 0 Å². The summed E-state index contributed by atoms with van der Waals surface area (Å²) in [7, 11) is 0. The first kappa shape index (κ1) is 27.0. The predicted octanol–water partition coefficient (Wildman–Crippen LogP) is 10.2. The maximum atomic E-state index is 5.56. The topological polar surface area (TPSA) is 37.1 Å². The van der Waals surface area contributed by atoms with Gasteiger partial charge in [-0.05, 0) is 46.8 Å². The molecule has 0 aliphatic heterocycles. The van der Waals surface area contributed by atoms with Gasteiger partial charge in [-0.2, -0.15) is 0 Å². The van der Waals surface area contributed by atoms with E-state index < -0.39 is 0 Å². The van der Waals surface area contributed by atoms with Gasteiger partial charge in [0.05, 0.1) is 33.5 Å². The standard InChI is InChI=1S/C45H29N3/c1-4-16-28(17-5-1)46-43-34-25-13-10-22-31(34)37-40(43)38-32-23-11-14-26-35(32)44(47-29-18-6-2-7-19-29)42(38)39-33-24-12-15-27-36(33)45(41(37)39)48-30-20-8-3-9-21-30/h1-20,22-27,30H,21H2. The molecule has 9 aromatic carbocycles. The van der Waals surface area contributed by atoms with E-state index in [1.165, 1.54) is 53.9 Å². The summed E-state index contributed by atoms with van der Waals surface area (Å²) >= 11 is 0. The Balaban J connectivity index is 1.58. The van der Waals surface area contributed by atoms with Gasteiger partial charge >= 0.3 is 0 Å². The van der Waals surface area contributed by atoms with Gasteiger partial charge in [-0.1, -0.05) is 133 Å². The monoisotopic (exact) mass is 611 g/mol. The third-order valence-electron chi connectivity index (χ3n) is 9.81. The van der Waals surface area contributed by atoms with E-state index in [1.54, 1.807) is 0 Å². The summed E-state index contributed by atoms with van der Waals surface area (Å²) < 4.78 is 0. The van der Waals surface area contributed by atoms with Gasteiger partial charge in [0, 0.05) is 48.5 Å². The van der Waals surface area contributed by atoms with Gasteiger partial charge in [0.2, 0.25) is 0 Å². The number of hydrogen-bond acceptors (Lipinski definition) is 3. The summed E-state index contributed by atoms with van der Waals surface area (Å²) in [5.41, 5.74) is 1.87. The van der Waals surface area contributed by atoms with Crippen molar-refractivity contribution in [2.24, 2.45) is 15.0 Å². The minimum atomic E-state index is 0.0664. The normalized spacial score (nSPS) is 16.2. The van der Waals surface area contributed by atoms with Gasteiger partial charge in [0.15, 0.2) is 0 Å². The van der Waals surface area contributed by atoms with Crippen molar-refractivity contribution in [3.63, 3.8) is 0 Å². The molecule has 1 unspecified atom stereocenters. The summed E-state index contributed by atoms with van der Waals surface area (Å²) in [4.78, 5) is 16.4. The first-order valence-corrected chi connectivity index (χ1v) is 16.6. The minimum absolute atomic E-state index is 0.0664. The van der Waals surface area contributed by atoms with Crippen LogP contribution in [-0.4, -0.2) is 6.04 Å².